The van der Waals surface area contributed by atoms with E-state index in [0.717, 1.165) is 25.2 Å². The Labute approximate surface area is 130 Å². The topological polar surface area (TPSA) is 24.5 Å². The normalized spacial score (nSPS) is 26.9. The molecule has 2 aliphatic carbocycles. The quantitative estimate of drug-likeness (QED) is 0.729. The molecule has 1 aliphatic heterocycles. The molecule has 1 N–H and O–H groups in total. The number of hydrogen-bond donors (Lipinski definition) is 1. The van der Waals surface area contributed by atoms with Gasteiger partial charge in [0.15, 0.2) is 0 Å². The van der Waals surface area contributed by atoms with Crippen LogP contribution in [0.5, 0.6) is 0 Å². The number of hydrogen-bond acceptors (Lipinski definition) is 3. The van der Waals surface area contributed by atoms with Crippen LogP contribution in [0.15, 0.2) is 0 Å². The number of likely N-dealkylation sites (tertiary alicyclic amines) is 1. The van der Waals surface area contributed by atoms with Crippen LogP contribution in [0.3, 0.4) is 0 Å². The van der Waals surface area contributed by atoms with Gasteiger partial charge in [0.05, 0.1) is 6.10 Å². The minimum Gasteiger partial charge on any atom is -0.378 e. The van der Waals surface area contributed by atoms with E-state index in [2.05, 4.69) is 10.2 Å². The largest absolute Gasteiger partial charge is 0.378 e. The zero-order valence-electron chi connectivity index (χ0n) is 13.7. The summed E-state index contributed by atoms with van der Waals surface area (Å²) >= 11 is 0. The third-order valence-electron chi connectivity index (χ3n) is 5.78. The summed E-state index contributed by atoms with van der Waals surface area (Å²) in [5.41, 5.74) is 0. The Morgan fingerprint density at radius 1 is 0.857 bits per heavy atom. The fraction of sp³-hybridized carbons (Fsp3) is 1.00. The highest BCUT2D eigenvalue weighted by Crippen LogP contribution is 2.26. The summed E-state index contributed by atoms with van der Waals surface area (Å²) in [6.07, 6.45) is 15.6. The zero-order valence-corrected chi connectivity index (χ0v) is 13.7. The molecule has 3 nitrogen and oxygen atoms in total. The first-order valence-electron chi connectivity index (χ1n) is 9.51. The second-order valence-electron chi connectivity index (χ2n) is 7.33. The van der Waals surface area contributed by atoms with Crippen molar-refractivity contribution in [1.82, 2.24) is 10.2 Å². The molecular formula is C18H34N2O. The van der Waals surface area contributed by atoms with E-state index in [-0.39, 0.29) is 0 Å². The van der Waals surface area contributed by atoms with Gasteiger partial charge in [-0.15, -0.1) is 0 Å². The second kappa shape index (κ2) is 8.50. The molecule has 0 bridgehead atoms. The van der Waals surface area contributed by atoms with Crippen LogP contribution in [0.25, 0.3) is 0 Å². The van der Waals surface area contributed by atoms with Gasteiger partial charge in [0.2, 0.25) is 0 Å². The van der Waals surface area contributed by atoms with Crippen LogP contribution in [0, 0.1) is 0 Å². The molecule has 3 heteroatoms. The van der Waals surface area contributed by atoms with Gasteiger partial charge in [0.1, 0.15) is 0 Å². The van der Waals surface area contributed by atoms with E-state index in [1.807, 2.05) is 0 Å². The Hall–Kier alpha value is -0.120. The van der Waals surface area contributed by atoms with E-state index in [1.165, 1.54) is 83.7 Å². The molecule has 0 aromatic carbocycles. The Morgan fingerprint density at radius 2 is 1.52 bits per heavy atom. The summed E-state index contributed by atoms with van der Waals surface area (Å²) < 4.78 is 5.93. The number of rotatable bonds is 7. The second-order valence-corrected chi connectivity index (χ2v) is 7.33. The van der Waals surface area contributed by atoms with Crippen molar-refractivity contribution < 1.29 is 4.74 Å². The van der Waals surface area contributed by atoms with Crippen LogP contribution in [-0.4, -0.2) is 49.3 Å². The Bertz CT molecular complexity index is 277. The number of nitrogens with one attached hydrogen (secondary N) is 1. The van der Waals surface area contributed by atoms with E-state index < -0.39 is 0 Å². The van der Waals surface area contributed by atoms with Crippen LogP contribution in [-0.2, 0) is 4.74 Å². The van der Waals surface area contributed by atoms with Crippen molar-refractivity contribution in [3.63, 3.8) is 0 Å². The predicted octanol–water partition coefficient (Wildman–Crippen LogP) is 3.33. The van der Waals surface area contributed by atoms with Crippen LogP contribution in [0.2, 0.25) is 0 Å². The highest BCUT2D eigenvalue weighted by atomic mass is 16.5. The molecule has 3 rings (SSSR count). The lowest BCUT2D eigenvalue weighted by Gasteiger charge is -2.36. The van der Waals surface area contributed by atoms with Crippen LogP contribution < -0.4 is 5.32 Å². The van der Waals surface area contributed by atoms with Gasteiger partial charge >= 0.3 is 0 Å². The highest BCUT2D eigenvalue weighted by Gasteiger charge is 2.26. The Balaban J connectivity index is 1.20. The fourth-order valence-corrected chi connectivity index (χ4v) is 4.42. The van der Waals surface area contributed by atoms with E-state index in [4.69, 9.17) is 4.74 Å². The first kappa shape index (κ1) is 15.8. The van der Waals surface area contributed by atoms with E-state index in [1.54, 1.807) is 0 Å². The van der Waals surface area contributed by atoms with Crippen molar-refractivity contribution in [1.29, 1.82) is 0 Å². The van der Waals surface area contributed by atoms with Crippen molar-refractivity contribution in [3.05, 3.63) is 0 Å². The Morgan fingerprint density at radius 3 is 2.24 bits per heavy atom. The average molecular weight is 294 g/mol. The summed E-state index contributed by atoms with van der Waals surface area (Å²) in [4.78, 5) is 2.76. The molecule has 0 amide bonds. The molecule has 3 fully saturated rings. The molecule has 1 saturated heterocycles. The van der Waals surface area contributed by atoms with Crippen LogP contribution >= 0.6 is 0 Å². The molecule has 1 heterocycles. The van der Waals surface area contributed by atoms with E-state index in [0.29, 0.717) is 6.10 Å². The number of piperidine rings is 1. The van der Waals surface area contributed by atoms with Gasteiger partial charge in [-0.25, -0.2) is 0 Å². The SMILES string of the molecule is C(CNC1CCN(C2CCCC2)CC1)COC1CCCC1. The third kappa shape index (κ3) is 4.94. The summed E-state index contributed by atoms with van der Waals surface area (Å²) in [6.45, 7) is 4.74. The third-order valence-corrected chi connectivity index (χ3v) is 5.78. The van der Waals surface area contributed by atoms with Crippen molar-refractivity contribution in [2.45, 2.75) is 88.8 Å². The van der Waals surface area contributed by atoms with Crippen molar-refractivity contribution in [3.8, 4) is 0 Å². The van der Waals surface area contributed by atoms with Gasteiger partial charge in [0.25, 0.3) is 0 Å². The first-order chi connectivity index (χ1) is 10.4. The smallest absolute Gasteiger partial charge is 0.0575 e. The molecular weight excluding hydrogens is 260 g/mol. The molecule has 0 atom stereocenters. The first-order valence-corrected chi connectivity index (χ1v) is 9.51. The van der Waals surface area contributed by atoms with Crippen molar-refractivity contribution >= 4 is 0 Å². The van der Waals surface area contributed by atoms with Gasteiger partial charge in [-0.1, -0.05) is 25.7 Å². The van der Waals surface area contributed by atoms with Gasteiger partial charge in [0, 0.05) is 18.7 Å². The van der Waals surface area contributed by atoms with Gasteiger partial charge < -0.3 is 15.0 Å². The van der Waals surface area contributed by atoms with E-state index >= 15 is 0 Å². The lowest BCUT2D eigenvalue weighted by molar-refractivity contribution is 0.0560. The minimum atomic E-state index is 0.583. The molecule has 122 valence electrons. The number of ether oxygens (including phenoxy) is 1. The monoisotopic (exact) mass is 294 g/mol. The molecule has 2 saturated carbocycles. The van der Waals surface area contributed by atoms with Crippen molar-refractivity contribution in [2.75, 3.05) is 26.2 Å². The predicted molar refractivity (Wildman–Crippen MR) is 87.7 cm³/mol. The maximum atomic E-state index is 5.93. The summed E-state index contributed by atoms with van der Waals surface area (Å²) in [5, 5.41) is 3.75. The highest BCUT2D eigenvalue weighted by molar-refractivity contribution is 4.84. The summed E-state index contributed by atoms with van der Waals surface area (Å²) in [7, 11) is 0. The summed E-state index contributed by atoms with van der Waals surface area (Å²) in [5.74, 6) is 0. The molecule has 0 spiro atoms. The maximum absolute atomic E-state index is 5.93. The zero-order chi connectivity index (χ0) is 14.3. The summed E-state index contributed by atoms with van der Waals surface area (Å²) in [6, 6.07) is 1.68. The van der Waals surface area contributed by atoms with Crippen molar-refractivity contribution in [2.24, 2.45) is 0 Å². The van der Waals surface area contributed by atoms with Gasteiger partial charge in [-0.3, -0.25) is 0 Å². The molecule has 21 heavy (non-hydrogen) atoms. The Kier molecular flexibility index (Phi) is 6.38. The minimum absolute atomic E-state index is 0.583. The number of nitrogens with zero attached hydrogens (tertiary/aromatic N) is 1. The van der Waals surface area contributed by atoms with Crippen LogP contribution in [0.4, 0.5) is 0 Å². The fourth-order valence-electron chi connectivity index (χ4n) is 4.42. The lowest BCUT2D eigenvalue weighted by atomic mass is 10.0. The standard InChI is InChI=1S/C18H34N2O/c1-2-7-17(6-1)20-13-10-16(11-14-20)19-12-5-15-21-18-8-3-4-9-18/h16-19H,1-15H2. The van der Waals surface area contributed by atoms with Gasteiger partial charge in [-0.05, 0) is 64.6 Å². The molecule has 3 aliphatic rings. The van der Waals surface area contributed by atoms with Crippen LogP contribution in [0.1, 0.15) is 70.6 Å². The molecule has 0 aromatic heterocycles. The molecule has 0 radical (unpaired) electrons. The lowest BCUT2D eigenvalue weighted by Crippen LogP contribution is -2.46. The van der Waals surface area contributed by atoms with E-state index in [9.17, 15) is 0 Å². The molecule has 0 aromatic rings. The van der Waals surface area contributed by atoms with Gasteiger partial charge in [-0.2, -0.15) is 0 Å². The molecule has 0 unspecified atom stereocenters. The maximum Gasteiger partial charge on any atom is 0.0575 e. The average Bonchev–Trinajstić information content (AvgIpc) is 3.21.